The number of unbranched alkanes of at least 4 members (excludes halogenated alkanes) is 36. The zero-order valence-corrected chi connectivity index (χ0v) is 61.1. The number of rotatable bonds is 71. The lowest BCUT2D eigenvalue weighted by atomic mass is 10.0. The Bertz CT molecular complexity index is 1950. The molecule has 0 N–H and O–H groups in total. The number of carbonyl (C=O) groups is 3. The van der Waals surface area contributed by atoms with Crippen molar-refractivity contribution in [2.45, 2.75) is 347 Å². The van der Waals surface area contributed by atoms with Gasteiger partial charge in [-0.3, -0.25) is 9.59 Å². The van der Waals surface area contributed by atoms with Crippen molar-refractivity contribution in [2.75, 3.05) is 47.5 Å². The second-order valence-electron chi connectivity index (χ2n) is 26.9. The molecule has 0 aromatic heterocycles. The van der Waals surface area contributed by atoms with E-state index in [0.29, 0.717) is 23.9 Å². The number of quaternary nitrogens is 1. The van der Waals surface area contributed by atoms with Crippen LogP contribution in [0.1, 0.15) is 335 Å². The molecule has 0 aromatic carbocycles. The molecule has 534 valence electrons. The van der Waals surface area contributed by atoms with Crippen LogP contribution in [0.15, 0.2) is 122 Å². The number of aliphatic carboxylic acids is 1. The predicted octanol–water partition coefficient (Wildman–Crippen LogP) is 23.4. The van der Waals surface area contributed by atoms with E-state index in [4.69, 9.17) is 18.9 Å². The van der Waals surface area contributed by atoms with E-state index in [1.807, 2.05) is 21.1 Å². The molecule has 0 radical (unpaired) electrons. The number of allylic oxidation sites excluding steroid dienone is 20. The second-order valence-corrected chi connectivity index (χ2v) is 26.9. The minimum absolute atomic E-state index is 0.144. The molecule has 0 aliphatic heterocycles. The van der Waals surface area contributed by atoms with Crippen LogP contribution in [0.2, 0.25) is 0 Å². The van der Waals surface area contributed by atoms with Crippen molar-refractivity contribution in [2.24, 2.45) is 0 Å². The molecule has 9 heteroatoms. The summed E-state index contributed by atoms with van der Waals surface area (Å²) < 4.78 is 22.8. The minimum atomic E-state index is -1.63. The average molecular weight is 1300 g/mol. The van der Waals surface area contributed by atoms with Gasteiger partial charge in [0.05, 0.1) is 40.3 Å². The molecule has 0 rings (SSSR count). The van der Waals surface area contributed by atoms with Gasteiger partial charge in [-0.2, -0.15) is 0 Å². The van der Waals surface area contributed by atoms with Gasteiger partial charge in [0.2, 0.25) is 0 Å². The van der Waals surface area contributed by atoms with Crippen molar-refractivity contribution in [3.8, 4) is 0 Å². The first-order valence-corrected chi connectivity index (χ1v) is 38.7. The van der Waals surface area contributed by atoms with E-state index in [1.54, 1.807) is 0 Å². The van der Waals surface area contributed by atoms with Gasteiger partial charge >= 0.3 is 11.9 Å². The van der Waals surface area contributed by atoms with Gasteiger partial charge in [0.25, 0.3) is 0 Å². The number of hydrogen-bond donors (Lipinski definition) is 0. The lowest BCUT2D eigenvalue weighted by molar-refractivity contribution is -0.870. The molecule has 0 amide bonds. The fourth-order valence-corrected chi connectivity index (χ4v) is 10.9. The Labute approximate surface area is 574 Å². The highest BCUT2D eigenvalue weighted by molar-refractivity contribution is 5.70. The first-order chi connectivity index (χ1) is 45.6. The fraction of sp³-hybridized carbons (Fsp3) is 0.726. The molecule has 0 aliphatic rings. The number of ether oxygens (including phenoxy) is 4. The van der Waals surface area contributed by atoms with Crippen LogP contribution < -0.4 is 5.11 Å². The summed E-state index contributed by atoms with van der Waals surface area (Å²) in [6, 6.07) is 0. The SMILES string of the molecule is CC/C=C\C/C=C\C/C=C\C/C=C\C/C=C\C/C=C\C/C=C\C/C=C\C/C=C\C/C=C\CCCCCCCCCCCCC(=O)OC(COC(=O)CCCCCCCCCCCCCCCCCCCCCCCCCCCCC)COC(OCC[N+](C)(C)C)C(=O)[O-]. The molecule has 0 aliphatic carbocycles. The van der Waals surface area contributed by atoms with E-state index in [2.05, 4.69) is 135 Å². The van der Waals surface area contributed by atoms with Crippen LogP contribution in [0.5, 0.6) is 0 Å². The third kappa shape index (κ3) is 74.9. The van der Waals surface area contributed by atoms with Crippen molar-refractivity contribution >= 4 is 17.9 Å². The smallest absolute Gasteiger partial charge is 0.306 e. The highest BCUT2D eigenvalue weighted by Gasteiger charge is 2.22. The van der Waals surface area contributed by atoms with Crippen LogP contribution >= 0.6 is 0 Å². The zero-order chi connectivity index (χ0) is 67.5. The Kier molecular flexibility index (Phi) is 70.1. The molecule has 0 saturated heterocycles. The van der Waals surface area contributed by atoms with Crippen molar-refractivity contribution < 1.29 is 42.9 Å². The summed E-state index contributed by atoms with van der Waals surface area (Å²) in [6.45, 7) is 4.67. The molecule has 2 unspecified atom stereocenters. The summed E-state index contributed by atoms with van der Waals surface area (Å²) in [5.41, 5.74) is 0. The molecule has 0 spiro atoms. The van der Waals surface area contributed by atoms with Gasteiger partial charge in [0.1, 0.15) is 13.2 Å². The Morgan fingerprint density at radius 2 is 0.613 bits per heavy atom. The number of esters is 2. The topological polar surface area (TPSA) is 111 Å². The van der Waals surface area contributed by atoms with Crippen LogP contribution in [-0.2, 0) is 33.3 Å². The molecule has 0 aromatic rings. The van der Waals surface area contributed by atoms with Crippen LogP contribution in [0.25, 0.3) is 0 Å². The maximum atomic E-state index is 13.0. The number of carbonyl (C=O) groups excluding carboxylic acids is 3. The van der Waals surface area contributed by atoms with Gasteiger partial charge < -0.3 is 33.3 Å². The third-order valence-electron chi connectivity index (χ3n) is 16.7. The molecule has 0 bridgehead atoms. The highest BCUT2D eigenvalue weighted by Crippen LogP contribution is 2.18. The van der Waals surface area contributed by atoms with Gasteiger partial charge in [0.15, 0.2) is 12.4 Å². The van der Waals surface area contributed by atoms with Crippen LogP contribution in [-0.4, -0.2) is 82.3 Å². The molecule has 2 atom stereocenters. The Morgan fingerprint density at radius 1 is 0.333 bits per heavy atom. The van der Waals surface area contributed by atoms with E-state index in [9.17, 15) is 19.5 Å². The largest absolute Gasteiger partial charge is 0.545 e. The Morgan fingerprint density at radius 3 is 0.914 bits per heavy atom. The Balaban J connectivity index is 4.09. The lowest BCUT2D eigenvalue weighted by Crippen LogP contribution is -2.44. The molecular formula is C84H145NO8. The lowest BCUT2D eigenvalue weighted by Gasteiger charge is -2.26. The summed E-state index contributed by atoms with van der Waals surface area (Å²) >= 11 is 0. The molecular weight excluding hydrogens is 1150 g/mol. The van der Waals surface area contributed by atoms with Gasteiger partial charge in [-0.25, -0.2) is 0 Å². The predicted molar refractivity (Wildman–Crippen MR) is 398 cm³/mol. The minimum Gasteiger partial charge on any atom is -0.545 e. The average Bonchev–Trinajstić information content (AvgIpc) is 3.38. The summed E-state index contributed by atoms with van der Waals surface area (Å²) in [5.74, 6) is -2.28. The van der Waals surface area contributed by atoms with Crippen LogP contribution in [0.3, 0.4) is 0 Å². The highest BCUT2D eigenvalue weighted by atomic mass is 16.7. The number of carboxylic acids is 1. The van der Waals surface area contributed by atoms with Crippen molar-refractivity contribution in [1.82, 2.24) is 0 Å². The van der Waals surface area contributed by atoms with Gasteiger partial charge in [-0.1, -0.05) is 354 Å². The number of hydrogen-bond acceptors (Lipinski definition) is 8. The van der Waals surface area contributed by atoms with Crippen molar-refractivity contribution in [3.05, 3.63) is 122 Å². The standard InChI is InChI=1S/C84H145NO8/c1-6-8-10-12-14-16-18-20-22-24-26-28-30-32-34-35-36-37-38-39-40-41-42-43-44-45-46-47-49-51-53-55-57-59-61-63-65-67-69-71-73-75-82(87)93-80(79-92-84(83(88)89)90-77-76-85(3,4)5)78-91-81(86)74-72-70-68-66-64-62-60-58-56-54-52-50-48-33-31-29-27-25-23-21-19-17-15-13-11-9-7-2/h8,10,14,16,20,22,26,28,32,34,36-37,39-40,42-43,45-46,49,51,80,84H,6-7,9,11-13,15,17-19,21,23-25,27,29-31,33,35,38,41,44,47-48,50,52-79H2,1-5H3/b10-8-,16-14-,22-20-,28-26-,34-32-,37-36-,40-39-,43-42-,46-45-,51-49-. The first kappa shape index (κ1) is 88.7. The van der Waals surface area contributed by atoms with E-state index in [-0.39, 0.29) is 32.2 Å². The van der Waals surface area contributed by atoms with Gasteiger partial charge in [-0.05, 0) is 89.9 Å². The second kappa shape index (κ2) is 73.5. The Hall–Kier alpha value is -4.31. The van der Waals surface area contributed by atoms with Crippen molar-refractivity contribution in [1.29, 1.82) is 0 Å². The maximum Gasteiger partial charge on any atom is 0.306 e. The number of nitrogens with zero attached hydrogens (tertiary/aromatic N) is 1. The van der Waals surface area contributed by atoms with Gasteiger partial charge in [-0.15, -0.1) is 0 Å². The summed E-state index contributed by atoms with van der Waals surface area (Å²) in [4.78, 5) is 37.6. The maximum absolute atomic E-state index is 13.0. The first-order valence-electron chi connectivity index (χ1n) is 38.7. The molecule has 0 heterocycles. The normalized spacial score (nSPS) is 13.3. The number of carboxylic acid groups (broad SMARTS) is 1. The zero-order valence-electron chi connectivity index (χ0n) is 61.1. The van der Waals surface area contributed by atoms with Crippen LogP contribution in [0.4, 0.5) is 0 Å². The third-order valence-corrected chi connectivity index (χ3v) is 16.7. The van der Waals surface area contributed by atoms with E-state index < -0.39 is 24.3 Å². The van der Waals surface area contributed by atoms with Gasteiger partial charge in [0, 0.05) is 12.8 Å². The fourth-order valence-electron chi connectivity index (χ4n) is 10.9. The van der Waals surface area contributed by atoms with E-state index in [1.165, 1.54) is 193 Å². The van der Waals surface area contributed by atoms with Crippen LogP contribution in [0, 0.1) is 0 Å². The molecule has 9 nitrogen and oxygen atoms in total. The number of likely N-dealkylation sites (N-methyl/N-ethyl adjacent to an activating group) is 1. The summed E-state index contributed by atoms with van der Waals surface area (Å²) in [7, 11) is 5.93. The quantitative estimate of drug-likeness (QED) is 0.0195. The monoisotopic (exact) mass is 1300 g/mol. The molecule has 0 saturated carbocycles. The summed E-state index contributed by atoms with van der Waals surface area (Å²) in [5, 5.41) is 11.8. The van der Waals surface area contributed by atoms with E-state index in [0.717, 1.165) is 109 Å². The molecule has 93 heavy (non-hydrogen) atoms. The molecule has 0 fully saturated rings. The summed E-state index contributed by atoms with van der Waals surface area (Å²) in [6.07, 6.45) is 102. The van der Waals surface area contributed by atoms with E-state index >= 15 is 0 Å². The van der Waals surface area contributed by atoms with Crippen molar-refractivity contribution in [3.63, 3.8) is 0 Å².